The number of hydrogen-bond donors (Lipinski definition) is 2. The van der Waals surface area contributed by atoms with E-state index < -0.39 is 0 Å². The highest BCUT2D eigenvalue weighted by molar-refractivity contribution is 6.07. The van der Waals surface area contributed by atoms with Gasteiger partial charge in [-0.05, 0) is 24.3 Å². The van der Waals surface area contributed by atoms with E-state index in [0.717, 1.165) is 5.39 Å². The van der Waals surface area contributed by atoms with Gasteiger partial charge < -0.3 is 5.32 Å². The number of pyridine rings is 2. The number of nitrogens with one attached hydrogen (secondary N) is 2. The van der Waals surface area contributed by atoms with Gasteiger partial charge in [0, 0.05) is 24.2 Å². The van der Waals surface area contributed by atoms with E-state index in [1.54, 1.807) is 36.8 Å². The van der Waals surface area contributed by atoms with Gasteiger partial charge in [0.25, 0.3) is 5.91 Å². The van der Waals surface area contributed by atoms with E-state index in [4.69, 9.17) is 0 Å². The zero-order chi connectivity index (χ0) is 12.4. The molecule has 6 heteroatoms. The average molecular weight is 239 g/mol. The number of aromatic nitrogens is 4. The molecule has 18 heavy (non-hydrogen) atoms. The average Bonchev–Trinajstić information content (AvgIpc) is 2.83. The molecule has 0 aromatic carbocycles. The van der Waals surface area contributed by atoms with E-state index in [1.807, 2.05) is 6.07 Å². The normalized spacial score (nSPS) is 10.4. The van der Waals surface area contributed by atoms with Crippen LogP contribution in [0.3, 0.4) is 0 Å². The van der Waals surface area contributed by atoms with E-state index >= 15 is 0 Å². The molecule has 0 unspecified atom stereocenters. The molecule has 0 radical (unpaired) electrons. The SMILES string of the molecule is O=C(Nc1[nH]nc2ncccc12)c1ccncc1. The van der Waals surface area contributed by atoms with Crippen molar-refractivity contribution in [2.45, 2.75) is 0 Å². The van der Waals surface area contributed by atoms with Crippen LogP contribution in [-0.4, -0.2) is 26.1 Å². The summed E-state index contributed by atoms with van der Waals surface area (Å²) in [6, 6.07) is 6.92. The summed E-state index contributed by atoms with van der Waals surface area (Å²) in [6.45, 7) is 0. The van der Waals surface area contributed by atoms with Gasteiger partial charge in [-0.1, -0.05) is 0 Å². The van der Waals surface area contributed by atoms with Gasteiger partial charge in [0.05, 0.1) is 5.39 Å². The second-order valence-electron chi connectivity index (χ2n) is 3.66. The number of H-pyrrole nitrogens is 1. The molecule has 0 atom stereocenters. The van der Waals surface area contributed by atoms with Gasteiger partial charge >= 0.3 is 0 Å². The van der Waals surface area contributed by atoms with Crippen LogP contribution in [0.4, 0.5) is 5.82 Å². The van der Waals surface area contributed by atoms with Crippen LogP contribution in [0.5, 0.6) is 0 Å². The van der Waals surface area contributed by atoms with Crippen molar-refractivity contribution in [2.24, 2.45) is 0 Å². The van der Waals surface area contributed by atoms with Gasteiger partial charge in [-0.2, -0.15) is 5.10 Å². The van der Waals surface area contributed by atoms with Crippen LogP contribution in [0, 0.1) is 0 Å². The summed E-state index contributed by atoms with van der Waals surface area (Å²) < 4.78 is 0. The van der Waals surface area contributed by atoms with Gasteiger partial charge in [0.2, 0.25) is 0 Å². The van der Waals surface area contributed by atoms with Crippen molar-refractivity contribution >= 4 is 22.8 Å². The van der Waals surface area contributed by atoms with Crippen LogP contribution in [0.2, 0.25) is 0 Å². The highest BCUT2D eigenvalue weighted by Crippen LogP contribution is 2.18. The van der Waals surface area contributed by atoms with Crippen LogP contribution in [-0.2, 0) is 0 Å². The Morgan fingerprint density at radius 3 is 2.83 bits per heavy atom. The summed E-state index contributed by atoms with van der Waals surface area (Å²) >= 11 is 0. The lowest BCUT2D eigenvalue weighted by atomic mass is 10.2. The van der Waals surface area contributed by atoms with Gasteiger partial charge in [0.15, 0.2) is 5.65 Å². The Labute approximate surface area is 102 Å². The van der Waals surface area contributed by atoms with E-state index in [-0.39, 0.29) is 5.91 Å². The molecule has 0 saturated carbocycles. The fraction of sp³-hybridized carbons (Fsp3) is 0. The minimum atomic E-state index is -0.216. The Balaban J connectivity index is 1.91. The largest absolute Gasteiger partial charge is 0.306 e. The topological polar surface area (TPSA) is 83.6 Å². The summed E-state index contributed by atoms with van der Waals surface area (Å²) in [6.07, 6.45) is 4.79. The molecule has 2 N–H and O–H groups in total. The molecule has 0 aliphatic carbocycles. The number of amides is 1. The fourth-order valence-electron chi connectivity index (χ4n) is 1.63. The molecule has 0 aliphatic heterocycles. The molecular weight excluding hydrogens is 230 g/mol. The van der Waals surface area contributed by atoms with E-state index in [1.165, 1.54) is 0 Å². The number of nitrogens with zero attached hydrogens (tertiary/aromatic N) is 3. The minimum Gasteiger partial charge on any atom is -0.306 e. The lowest BCUT2D eigenvalue weighted by Crippen LogP contribution is -2.12. The van der Waals surface area contributed by atoms with Crippen LogP contribution in [0.15, 0.2) is 42.9 Å². The van der Waals surface area contributed by atoms with Crippen molar-refractivity contribution in [1.82, 2.24) is 20.2 Å². The number of carbonyl (C=O) groups is 1. The Morgan fingerprint density at radius 2 is 2.00 bits per heavy atom. The van der Waals surface area contributed by atoms with Crippen LogP contribution in [0.25, 0.3) is 11.0 Å². The Bertz CT molecular complexity index is 692. The number of hydrogen-bond acceptors (Lipinski definition) is 4. The molecule has 0 aliphatic rings. The number of anilines is 1. The third-order valence-corrected chi connectivity index (χ3v) is 2.51. The number of fused-ring (bicyclic) bond motifs is 1. The molecule has 0 bridgehead atoms. The first-order valence-corrected chi connectivity index (χ1v) is 5.35. The Kier molecular flexibility index (Phi) is 2.45. The van der Waals surface area contributed by atoms with Crippen molar-refractivity contribution in [3.05, 3.63) is 48.4 Å². The molecule has 3 aromatic heterocycles. The van der Waals surface area contributed by atoms with Crippen LogP contribution in [0.1, 0.15) is 10.4 Å². The second kappa shape index (κ2) is 4.25. The molecule has 1 amide bonds. The molecule has 88 valence electrons. The lowest BCUT2D eigenvalue weighted by molar-refractivity contribution is 0.102. The summed E-state index contributed by atoms with van der Waals surface area (Å²) in [5, 5.41) is 10.3. The monoisotopic (exact) mass is 239 g/mol. The minimum absolute atomic E-state index is 0.216. The molecular formula is C12H9N5O. The molecule has 3 heterocycles. The standard InChI is InChI=1S/C12H9N5O/c18-12(8-3-6-13-7-4-8)15-11-9-2-1-5-14-10(9)16-17-11/h1-7H,(H2,14,15,16,17,18). The summed E-state index contributed by atoms with van der Waals surface area (Å²) in [5.41, 5.74) is 1.11. The predicted octanol–water partition coefficient (Wildman–Crippen LogP) is 1.61. The third-order valence-electron chi connectivity index (χ3n) is 2.51. The zero-order valence-corrected chi connectivity index (χ0v) is 9.29. The van der Waals surface area contributed by atoms with Crippen molar-refractivity contribution < 1.29 is 4.79 Å². The lowest BCUT2D eigenvalue weighted by Gasteiger charge is -2.02. The van der Waals surface area contributed by atoms with E-state index in [9.17, 15) is 4.79 Å². The van der Waals surface area contributed by atoms with Gasteiger partial charge in [-0.3, -0.25) is 14.9 Å². The van der Waals surface area contributed by atoms with E-state index in [0.29, 0.717) is 17.0 Å². The first-order chi connectivity index (χ1) is 8.84. The first-order valence-electron chi connectivity index (χ1n) is 5.35. The smallest absolute Gasteiger partial charge is 0.256 e. The second-order valence-corrected chi connectivity index (χ2v) is 3.66. The molecule has 0 spiro atoms. The maximum absolute atomic E-state index is 11.9. The van der Waals surface area contributed by atoms with Gasteiger partial charge in [0.1, 0.15) is 5.82 Å². The summed E-state index contributed by atoms with van der Waals surface area (Å²) in [7, 11) is 0. The zero-order valence-electron chi connectivity index (χ0n) is 9.29. The molecule has 3 aromatic rings. The number of rotatable bonds is 2. The maximum Gasteiger partial charge on any atom is 0.256 e. The van der Waals surface area contributed by atoms with Crippen molar-refractivity contribution in [3.63, 3.8) is 0 Å². The summed E-state index contributed by atoms with van der Waals surface area (Å²) in [5.74, 6) is 0.326. The van der Waals surface area contributed by atoms with Crippen molar-refractivity contribution in [2.75, 3.05) is 5.32 Å². The van der Waals surface area contributed by atoms with Crippen LogP contribution >= 0.6 is 0 Å². The van der Waals surface area contributed by atoms with Crippen molar-refractivity contribution in [3.8, 4) is 0 Å². The maximum atomic E-state index is 11.9. The van der Waals surface area contributed by atoms with Crippen molar-refractivity contribution in [1.29, 1.82) is 0 Å². The highest BCUT2D eigenvalue weighted by atomic mass is 16.1. The quantitative estimate of drug-likeness (QED) is 0.711. The van der Waals surface area contributed by atoms with Crippen LogP contribution < -0.4 is 5.32 Å². The first kappa shape index (κ1) is 10.4. The molecule has 3 rings (SSSR count). The van der Waals surface area contributed by atoms with Gasteiger partial charge in [-0.25, -0.2) is 4.98 Å². The summed E-state index contributed by atoms with van der Waals surface area (Å²) in [4.78, 5) is 19.9. The fourth-order valence-corrected chi connectivity index (χ4v) is 1.63. The number of aromatic amines is 1. The van der Waals surface area contributed by atoms with E-state index in [2.05, 4.69) is 25.5 Å². The predicted molar refractivity (Wildman–Crippen MR) is 66.1 cm³/mol. The Morgan fingerprint density at radius 1 is 1.17 bits per heavy atom. The molecule has 0 fully saturated rings. The Hall–Kier alpha value is -2.76. The molecule has 6 nitrogen and oxygen atoms in total. The molecule has 0 saturated heterocycles. The number of carbonyl (C=O) groups excluding carboxylic acids is 1. The van der Waals surface area contributed by atoms with Gasteiger partial charge in [-0.15, -0.1) is 0 Å². The third kappa shape index (κ3) is 1.80. The highest BCUT2D eigenvalue weighted by Gasteiger charge is 2.10.